The lowest BCUT2D eigenvalue weighted by Crippen LogP contribution is -2.50. The number of fused-ring (bicyclic) bond motifs is 1. The number of nitrogens with zero attached hydrogens (tertiary/aromatic N) is 5. The van der Waals surface area contributed by atoms with Gasteiger partial charge < -0.3 is 4.90 Å². The van der Waals surface area contributed by atoms with Crippen LogP contribution in [0, 0.1) is 12.8 Å². The summed E-state index contributed by atoms with van der Waals surface area (Å²) in [7, 11) is -3.18. The number of sulfonamides is 1. The number of carbonyl (C=O) groups excluding carboxylic acids is 1. The molecule has 0 aromatic carbocycles. The molecule has 152 valence electrons. The van der Waals surface area contributed by atoms with Crippen molar-refractivity contribution < 1.29 is 13.2 Å². The van der Waals surface area contributed by atoms with Gasteiger partial charge in [-0.2, -0.15) is 9.40 Å². The van der Waals surface area contributed by atoms with Crippen LogP contribution in [0.15, 0.2) is 18.6 Å². The van der Waals surface area contributed by atoms with E-state index in [1.807, 2.05) is 18.0 Å². The fourth-order valence-electron chi connectivity index (χ4n) is 4.59. The Balaban J connectivity index is 1.45. The van der Waals surface area contributed by atoms with Crippen molar-refractivity contribution in [2.24, 2.45) is 5.92 Å². The Morgan fingerprint density at radius 2 is 1.86 bits per heavy atom. The Morgan fingerprint density at radius 3 is 2.57 bits per heavy atom. The highest BCUT2D eigenvalue weighted by Crippen LogP contribution is 2.32. The quantitative estimate of drug-likeness (QED) is 0.776. The maximum absolute atomic E-state index is 13.0. The van der Waals surface area contributed by atoms with Crippen LogP contribution >= 0.6 is 0 Å². The number of hydrogen-bond acceptors (Lipinski definition) is 5. The van der Waals surface area contributed by atoms with Gasteiger partial charge in [-0.3, -0.25) is 4.79 Å². The number of piperidine rings is 2. The second kappa shape index (κ2) is 7.44. The zero-order chi connectivity index (χ0) is 19.9. The van der Waals surface area contributed by atoms with Crippen molar-refractivity contribution in [2.45, 2.75) is 45.1 Å². The third-order valence-corrected chi connectivity index (χ3v) is 7.32. The van der Waals surface area contributed by atoms with Gasteiger partial charge in [-0.05, 0) is 44.1 Å². The molecular weight excluding hydrogens is 378 g/mol. The number of rotatable bonds is 3. The molecule has 2 aliphatic heterocycles. The van der Waals surface area contributed by atoms with Crippen molar-refractivity contribution in [3.63, 3.8) is 0 Å². The Morgan fingerprint density at radius 1 is 1.11 bits per heavy atom. The van der Waals surface area contributed by atoms with E-state index in [9.17, 15) is 13.2 Å². The predicted molar refractivity (Wildman–Crippen MR) is 106 cm³/mol. The normalized spacial score (nSPS) is 22.6. The number of hydrogen-bond donors (Lipinski definition) is 0. The second-order valence-electron chi connectivity index (χ2n) is 8.02. The van der Waals surface area contributed by atoms with Gasteiger partial charge in [0.2, 0.25) is 10.0 Å². The van der Waals surface area contributed by atoms with E-state index in [1.54, 1.807) is 21.2 Å². The molecule has 4 rings (SSSR count). The van der Waals surface area contributed by atoms with E-state index in [0.717, 1.165) is 37.7 Å². The van der Waals surface area contributed by atoms with Crippen molar-refractivity contribution >= 4 is 21.6 Å². The lowest BCUT2D eigenvalue weighted by Gasteiger charge is -2.42. The number of amides is 1. The van der Waals surface area contributed by atoms with Gasteiger partial charge in [0.1, 0.15) is 5.56 Å². The largest absolute Gasteiger partial charge is 0.338 e. The van der Waals surface area contributed by atoms with Crippen molar-refractivity contribution in [3.05, 3.63) is 29.7 Å². The summed E-state index contributed by atoms with van der Waals surface area (Å²) >= 11 is 0. The minimum absolute atomic E-state index is 0.0478. The highest BCUT2D eigenvalue weighted by atomic mass is 32.2. The minimum Gasteiger partial charge on any atom is -0.338 e. The fourth-order valence-corrected chi connectivity index (χ4v) is 5.82. The summed E-state index contributed by atoms with van der Waals surface area (Å²) in [4.78, 5) is 19.2. The highest BCUT2D eigenvalue weighted by molar-refractivity contribution is 7.88. The van der Waals surface area contributed by atoms with Crippen molar-refractivity contribution in [1.82, 2.24) is 23.8 Å². The molecule has 0 unspecified atom stereocenters. The Hall–Kier alpha value is -2.00. The van der Waals surface area contributed by atoms with Crippen LogP contribution in [0.25, 0.3) is 5.65 Å². The van der Waals surface area contributed by atoms with E-state index in [-0.39, 0.29) is 11.9 Å². The fraction of sp³-hybridized carbons (Fsp3) is 0.632. The van der Waals surface area contributed by atoms with Crippen LogP contribution in [-0.2, 0) is 10.0 Å². The highest BCUT2D eigenvalue weighted by Gasteiger charge is 2.37. The van der Waals surface area contributed by atoms with Crippen LogP contribution in [0.2, 0.25) is 0 Å². The second-order valence-corrected chi connectivity index (χ2v) is 9.96. The summed E-state index contributed by atoms with van der Waals surface area (Å²) in [5.41, 5.74) is 2.08. The first-order valence-corrected chi connectivity index (χ1v) is 11.8. The third-order valence-electron chi connectivity index (χ3n) is 6.01. The molecule has 28 heavy (non-hydrogen) atoms. The van der Waals surface area contributed by atoms with Crippen LogP contribution in [0.3, 0.4) is 0 Å². The summed E-state index contributed by atoms with van der Waals surface area (Å²) in [6.45, 7) is 3.84. The van der Waals surface area contributed by atoms with Crippen LogP contribution < -0.4 is 0 Å². The molecule has 0 saturated carbocycles. The molecule has 2 saturated heterocycles. The molecule has 2 aromatic heterocycles. The van der Waals surface area contributed by atoms with Gasteiger partial charge in [0.15, 0.2) is 5.65 Å². The van der Waals surface area contributed by atoms with Crippen molar-refractivity contribution in [2.75, 3.05) is 25.9 Å². The molecule has 0 bridgehead atoms. The third kappa shape index (κ3) is 3.65. The Bertz CT molecular complexity index is 979. The van der Waals surface area contributed by atoms with Gasteiger partial charge in [0.05, 0.1) is 12.5 Å². The topological polar surface area (TPSA) is 87.9 Å². The molecule has 0 spiro atoms. The Kier molecular flexibility index (Phi) is 5.13. The number of carbonyl (C=O) groups is 1. The van der Waals surface area contributed by atoms with Crippen LogP contribution in [0.4, 0.5) is 0 Å². The average Bonchev–Trinajstić information content (AvgIpc) is 3.10. The lowest BCUT2D eigenvalue weighted by atomic mass is 9.85. The molecule has 2 fully saturated rings. The molecule has 0 aliphatic carbocycles. The van der Waals surface area contributed by atoms with Crippen LogP contribution in [0.1, 0.15) is 48.0 Å². The summed E-state index contributed by atoms with van der Waals surface area (Å²) in [6, 6.07) is 0.0719. The van der Waals surface area contributed by atoms with Gasteiger partial charge in [-0.15, -0.1) is 0 Å². The molecule has 1 atom stereocenters. The smallest absolute Gasteiger partial charge is 0.259 e. The van der Waals surface area contributed by atoms with Crippen molar-refractivity contribution in [3.8, 4) is 0 Å². The van der Waals surface area contributed by atoms with Gasteiger partial charge in [-0.1, -0.05) is 6.42 Å². The minimum atomic E-state index is -3.18. The molecular formula is C19H27N5O3S. The summed E-state index contributed by atoms with van der Waals surface area (Å²) in [6.07, 6.45) is 11.1. The van der Waals surface area contributed by atoms with E-state index in [0.29, 0.717) is 36.8 Å². The number of aromatic nitrogens is 3. The maximum atomic E-state index is 13.0. The predicted octanol–water partition coefficient (Wildman–Crippen LogP) is 1.70. The molecule has 4 heterocycles. The summed E-state index contributed by atoms with van der Waals surface area (Å²) in [5.74, 6) is 0.261. The SMILES string of the molecule is Cc1cnc2c(C(=O)N3CCC([C@H]4CCCCN4S(C)(=O)=O)CC3)cnn2c1. The summed E-state index contributed by atoms with van der Waals surface area (Å²) < 4.78 is 27.7. The monoisotopic (exact) mass is 405 g/mol. The van der Waals surface area contributed by atoms with Crippen LogP contribution in [-0.4, -0.2) is 70.1 Å². The van der Waals surface area contributed by atoms with Crippen LogP contribution in [0.5, 0.6) is 0 Å². The first-order chi connectivity index (χ1) is 13.3. The first-order valence-electron chi connectivity index (χ1n) is 9.90. The molecule has 0 N–H and O–H groups in total. The zero-order valence-electron chi connectivity index (χ0n) is 16.4. The van der Waals surface area contributed by atoms with E-state index >= 15 is 0 Å². The average molecular weight is 406 g/mol. The van der Waals surface area contributed by atoms with Gasteiger partial charge in [0, 0.05) is 38.1 Å². The lowest BCUT2D eigenvalue weighted by molar-refractivity contribution is 0.0622. The van der Waals surface area contributed by atoms with Gasteiger partial charge >= 0.3 is 0 Å². The van der Waals surface area contributed by atoms with Gasteiger partial charge in [0.25, 0.3) is 5.91 Å². The number of likely N-dealkylation sites (tertiary alicyclic amines) is 1. The summed E-state index contributed by atoms with van der Waals surface area (Å²) in [5, 5.41) is 4.25. The van der Waals surface area contributed by atoms with E-state index in [2.05, 4.69) is 10.1 Å². The maximum Gasteiger partial charge on any atom is 0.259 e. The van der Waals surface area contributed by atoms with E-state index in [1.165, 1.54) is 6.26 Å². The van der Waals surface area contributed by atoms with Crippen molar-refractivity contribution in [1.29, 1.82) is 0 Å². The molecule has 1 amide bonds. The number of aryl methyl sites for hydroxylation is 1. The molecule has 2 aromatic rings. The first kappa shape index (κ1) is 19.3. The standard InChI is InChI=1S/C19H27N5O3S/c1-14-11-20-18-16(12-21-23(18)13-14)19(25)22-9-6-15(7-10-22)17-5-3-4-8-24(17)28(2,26)27/h11-13,15,17H,3-10H2,1-2H3/t17-/m1/s1. The molecule has 2 aliphatic rings. The van der Waals surface area contributed by atoms with E-state index < -0.39 is 10.0 Å². The Labute approximate surface area is 165 Å². The molecule has 8 nitrogen and oxygen atoms in total. The molecule has 0 radical (unpaired) electrons. The van der Waals surface area contributed by atoms with E-state index in [4.69, 9.17) is 0 Å². The molecule has 9 heteroatoms. The van der Waals surface area contributed by atoms with Gasteiger partial charge in [-0.25, -0.2) is 17.9 Å². The zero-order valence-corrected chi connectivity index (χ0v) is 17.2.